The van der Waals surface area contributed by atoms with Crippen molar-refractivity contribution < 1.29 is 29.0 Å². The summed E-state index contributed by atoms with van der Waals surface area (Å²) in [5.74, 6) is -1.94. The zero-order valence-corrected chi connectivity index (χ0v) is 41.0. The van der Waals surface area contributed by atoms with Crippen LogP contribution >= 0.6 is 0 Å². The van der Waals surface area contributed by atoms with Gasteiger partial charge in [0, 0.05) is 18.4 Å². The van der Waals surface area contributed by atoms with Crippen molar-refractivity contribution in [1.29, 1.82) is 0 Å². The zero-order valence-electron chi connectivity index (χ0n) is 41.0. The Morgan fingerprint density at radius 2 is 0.843 bits per heavy atom. The standard InChI is InChI=1S/C31H33NO3.C30H33NO3.CH4/c1-6-14-23(21(2)33)28(29(34)35-30(3,4)5)32-31(22-15-8-7-9-16-22)26-19-12-10-17-24(26)25-18-11-13-20-27(25)31;1-5-13-21(20-32)27(28(33)34-29(2,3)4)31-30(22-14-7-6-8-15-22)25-18-11-9-16-23(25)24-17-10-12-19-26(24)30;/h6-13,15-20,23,28,32H,1,14H2,2-5H3;5-12,14-19,21,27,31-32H,1,13,20H2,2-4H3;1H4/t23?,28-;21?,27-;/m00./s1. The largest absolute Gasteiger partial charge is 0.459 e. The van der Waals surface area contributed by atoms with Crippen LogP contribution in [-0.2, 0) is 34.9 Å². The molecule has 0 spiro atoms. The van der Waals surface area contributed by atoms with Gasteiger partial charge < -0.3 is 14.6 Å². The summed E-state index contributed by atoms with van der Waals surface area (Å²) in [5, 5.41) is 17.7. The molecule has 6 aromatic rings. The molecule has 8 rings (SSSR count). The number of allylic oxidation sites excluding steroid dienone is 2. The van der Waals surface area contributed by atoms with Crippen molar-refractivity contribution >= 4 is 17.7 Å². The molecule has 2 aliphatic carbocycles. The highest BCUT2D eigenvalue weighted by atomic mass is 16.6. The molecule has 0 fully saturated rings. The molecule has 8 nitrogen and oxygen atoms in total. The van der Waals surface area contributed by atoms with E-state index in [0.29, 0.717) is 12.8 Å². The van der Waals surface area contributed by atoms with Crippen LogP contribution in [0, 0.1) is 11.8 Å². The van der Waals surface area contributed by atoms with Gasteiger partial charge >= 0.3 is 11.9 Å². The Labute approximate surface area is 415 Å². The lowest BCUT2D eigenvalue weighted by Crippen LogP contribution is -2.56. The number of fused-ring (bicyclic) bond motifs is 6. The molecular formula is C62H70N2O6. The van der Waals surface area contributed by atoms with Crippen LogP contribution in [0.1, 0.15) is 102 Å². The van der Waals surface area contributed by atoms with Crippen LogP contribution in [0.4, 0.5) is 0 Å². The fourth-order valence-electron chi connectivity index (χ4n) is 10.1. The molecule has 6 aromatic carbocycles. The van der Waals surface area contributed by atoms with Crippen molar-refractivity contribution in [2.75, 3.05) is 6.61 Å². The van der Waals surface area contributed by atoms with Crippen molar-refractivity contribution in [1.82, 2.24) is 10.6 Å². The van der Waals surface area contributed by atoms with Crippen LogP contribution in [0.5, 0.6) is 0 Å². The molecule has 0 aromatic heterocycles. The first-order valence-corrected chi connectivity index (χ1v) is 23.8. The van der Waals surface area contributed by atoms with Gasteiger partial charge in [-0.15, -0.1) is 13.2 Å². The molecular weight excluding hydrogens is 869 g/mol. The summed E-state index contributed by atoms with van der Waals surface area (Å²) in [7, 11) is 0. The van der Waals surface area contributed by atoms with Gasteiger partial charge in [-0.05, 0) is 117 Å². The van der Waals surface area contributed by atoms with Crippen LogP contribution in [0.2, 0.25) is 0 Å². The van der Waals surface area contributed by atoms with Gasteiger partial charge in [-0.2, -0.15) is 0 Å². The Morgan fingerprint density at radius 3 is 1.16 bits per heavy atom. The van der Waals surface area contributed by atoms with E-state index in [1.807, 2.05) is 126 Å². The molecule has 0 aliphatic heterocycles. The van der Waals surface area contributed by atoms with Crippen molar-refractivity contribution in [3.05, 3.63) is 216 Å². The molecule has 8 heteroatoms. The summed E-state index contributed by atoms with van der Waals surface area (Å²) in [5.41, 5.74) is 7.73. The molecule has 0 saturated carbocycles. The summed E-state index contributed by atoms with van der Waals surface area (Å²) in [6, 6.07) is 51.7. The Kier molecular flexibility index (Phi) is 16.5. The summed E-state index contributed by atoms with van der Waals surface area (Å²) >= 11 is 0. The fourth-order valence-corrected chi connectivity index (χ4v) is 10.1. The number of nitrogens with one attached hydrogen (secondary N) is 2. The Hall–Kier alpha value is -6.71. The maximum absolute atomic E-state index is 13.7. The Bertz CT molecular complexity index is 2690. The zero-order chi connectivity index (χ0) is 49.6. The van der Waals surface area contributed by atoms with E-state index >= 15 is 0 Å². The predicted octanol–water partition coefficient (Wildman–Crippen LogP) is 12.1. The van der Waals surface area contributed by atoms with Crippen LogP contribution in [0.15, 0.2) is 183 Å². The third-order valence-corrected chi connectivity index (χ3v) is 12.9. The van der Waals surface area contributed by atoms with Crippen LogP contribution in [0.3, 0.4) is 0 Å². The lowest BCUT2D eigenvalue weighted by atomic mass is 9.78. The van der Waals surface area contributed by atoms with Crippen LogP contribution in [-0.4, -0.2) is 52.7 Å². The summed E-state index contributed by atoms with van der Waals surface area (Å²) < 4.78 is 11.7. The van der Waals surface area contributed by atoms with Gasteiger partial charge in [0.05, 0.1) is 11.1 Å². The number of Topliss-reactive ketones (excluding diaryl/α,β-unsaturated/α-hetero) is 1. The highest BCUT2D eigenvalue weighted by molar-refractivity contribution is 5.90. The lowest BCUT2D eigenvalue weighted by Gasteiger charge is -2.39. The van der Waals surface area contributed by atoms with Gasteiger partial charge in [-0.1, -0.05) is 177 Å². The van der Waals surface area contributed by atoms with Gasteiger partial charge in [-0.3, -0.25) is 25.0 Å². The number of aliphatic hydroxyl groups excluding tert-OH is 1. The van der Waals surface area contributed by atoms with Gasteiger partial charge in [0.25, 0.3) is 0 Å². The molecule has 364 valence electrons. The molecule has 2 unspecified atom stereocenters. The number of hydrogen-bond acceptors (Lipinski definition) is 8. The first-order chi connectivity index (χ1) is 33.0. The summed E-state index contributed by atoms with van der Waals surface area (Å²) in [6.45, 7) is 20.1. The summed E-state index contributed by atoms with van der Waals surface area (Å²) in [4.78, 5) is 40.1. The quantitative estimate of drug-likeness (QED) is 0.0649. The number of carbonyl (C=O) groups is 3. The second-order valence-corrected chi connectivity index (χ2v) is 19.9. The Balaban J connectivity index is 0.000000226. The molecule has 0 radical (unpaired) electrons. The second-order valence-electron chi connectivity index (χ2n) is 19.9. The molecule has 4 atom stereocenters. The maximum atomic E-state index is 13.7. The lowest BCUT2D eigenvalue weighted by molar-refractivity contribution is -0.161. The van der Waals surface area contributed by atoms with E-state index in [0.717, 1.165) is 55.6 Å². The first kappa shape index (κ1) is 52.7. The number of hydrogen-bond donors (Lipinski definition) is 3. The predicted molar refractivity (Wildman–Crippen MR) is 283 cm³/mol. The number of ether oxygens (including phenoxy) is 2. The number of ketones is 1. The maximum Gasteiger partial charge on any atom is 0.324 e. The number of rotatable bonds is 16. The minimum atomic E-state index is -0.885. The molecule has 0 saturated heterocycles. The van der Waals surface area contributed by atoms with E-state index in [1.54, 1.807) is 12.2 Å². The van der Waals surface area contributed by atoms with Gasteiger partial charge in [0.1, 0.15) is 29.1 Å². The molecule has 0 heterocycles. The molecule has 2 aliphatic rings. The molecule has 0 bridgehead atoms. The molecule has 0 amide bonds. The van der Waals surface area contributed by atoms with Crippen molar-refractivity contribution in [3.8, 4) is 22.3 Å². The van der Waals surface area contributed by atoms with E-state index in [-0.39, 0.29) is 25.8 Å². The smallest absolute Gasteiger partial charge is 0.324 e. The highest BCUT2D eigenvalue weighted by Crippen LogP contribution is 2.53. The fraction of sp³-hybridized carbons (Fsp3) is 0.306. The summed E-state index contributed by atoms with van der Waals surface area (Å²) in [6.07, 6.45) is 4.27. The van der Waals surface area contributed by atoms with Crippen LogP contribution in [0.25, 0.3) is 22.3 Å². The van der Waals surface area contributed by atoms with E-state index in [2.05, 4.69) is 96.6 Å². The normalized spacial score (nSPS) is 15.3. The third-order valence-electron chi connectivity index (χ3n) is 12.9. The van der Waals surface area contributed by atoms with E-state index in [9.17, 15) is 19.5 Å². The van der Waals surface area contributed by atoms with Crippen LogP contribution < -0.4 is 10.6 Å². The average Bonchev–Trinajstić information content (AvgIpc) is 3.78. The van der Waals surface area contributed by atoms with Gasteiger partial charge in [0.2, 0.25) is 0 Å². The minimum absolute atomic E-state index is 0. The van der Waals surface area contributed by atoms with Crippen molar-refractivity contribution in [2.24, 2.45) is 11.8 Å². The Morgan fingerprint density at radius 1 is 0.529 bits per heavy atom. The molecule has 70 heavy (non-hydrogen) atoms. The monoisotopic (exact) mass is 939 g/mol. The van der Waals surface area contributed by atoms with Crippen molar-refractivity contribution in [3.63, 3.8) is 0 Å². The van der Waals surface area contributed by atoms with Crippen molar-refractivity contribution in [2.45, 2.75) is 103 Å². The third kappa shape index (κ3) is 10.6. The number of aliphatic hydroxyl groups is 1. The minimum Gasteiger partial charge on any atom is -0.459 e. The van der Waals surface area contributed by atoms with E-state index < -0.39 is 52.2 Å². The van der Waals surface area contributed by atoms with E-state index in [4.69, 9.17) is 9.47 Å². The second kappa shape index (κ2) is 21.9. The van der Waals surface area contributed by atoms with Gasteiger partial charge in [0.15, 0.2) is 0 Å². The average molecular weight is 939 g/mol. The van der Waals surface area contributed by atoms with Gasteiger partial charge in [-0.25, -0.2) is 0 Å². The topological polar surface area (TPSA) is 114 Å². The van der Waals surface area contributed by atoms with E-state index in [1.165, 1.54) is 6.92 Å². The number of carbonyl (C=O) groups excluding carboxylic acids is 3. The number of esters is 2. The SMILES string of the molecule is C.C=CCC(C(C)=O)[C@H](NC1(c2ccccc2)c2ccccc2-c2ccccc21)C(=O)OC(C)(C)C.C=CCC(CO)[C@H](NC1(c2ccccc2)c2ccccc2-c2ccccc21)C(=O)OC(C)(C)C. The molecule has 3 N–H and O–H groups in total. The number of benzene rings is 6. The first-order valence-electron chi connectivity index (χ1n) is 23.8. The highest BCUT2D eigenvalue weighted by Gasteiger charge is 2.50.